The fraction of sp³-hybridized carbons (Fsp3) is 0.538. The number of benzene rings is 1. The molecule has 4 heteroatoms. The van der Waals surface area contributed by atoms with Gasteiger partial charge in [-0.1, -0.05) is 6.42 Å². The molecule has 0 aromatic heterocycles. The van der Waals surface area contributed by atoms with Crippen molar-refractivity contribution in [3.8, 4) is 11.5 Å². The smallest absolute Gasteiger partial charge is 0.124 e. The molecule has 1 aromatic carbocycles. The van der Waals surface area contributed by atoms with Crippen molar-refractivity contribution in [2.45, 2.75) is 31.4 Å². The monoisotopic (exact) mass is 237 g/mol. The Hall–Kier alpha value is -1.26. The van der Waals surface area contributed by atoms with Crippen LogP contribution in [0.5, 0.6) is 11.5 Å². The Labute approximate surface area is 101 Å². The SMILES string of the molecule is COc1ccc([C@H](N)[C@H](O)C2CCC2)c(O)c1. The minimum absolute atomic E-state index is 0.0789. The van der Waals surface area contributed by atoms with Crippen LogP contribution in [-0.4, -0.2) is 23.4 Å². The quantitative estimate of drug-likeness (QED) is 0.743. The van der Waals surface area contributed by atoms with E-state index in [2.05, 4.69) is 0 Å². The van der Waals surface area contributed by atoms with Crippen LogP contribution in [0.15, 0.2) is 18.2 Å². The molecule has 0 amide bonds. The molecule has 1 fully saturated rings. The van der Waals surface area contributed by atoms with Gasteiger partial charge >= 0.3 is 0 Å². The number of aliphatic hydroxyl groups excluding tert-OH is 1. The summed E-state index contributed by atoms with van der Waals surface area (Å²) in [6.07, 6.45) is 2.61. The number of phenols is 1. The average Bonchev–Trinajstić information content (AvgIpc) is 2.25. The molecule has 0 spiro atoms. The summed E-state index contributed by atoms with van der Waals surface area (Å²) in [5.74, 6) is 0.929. The number of hydrogen-bond acceptors (Lipinski definition) is 4. The van der Waals surface area contributed by atoms with Gasteiger partial charge in [0.25, 0.3) is 0 Å². The predicted molar refractivity (Wildman–Crippen MR) is 64.9 cm³/mol. The molecule has 1 aliphatic carbocycles. The maximum absolute atomic E-state index is 10.1. The van der Waals surface area contributed by atoms with Crippen LogP contribution < -0.4 is 10.5 Å². The molecule has 4 nitrogen and oxygen atoms in total. The number of rotatable bonds is 4. The lowest BCUT2D eigenvalue weighted by atomic mass is 9.77. The predicted octanol–water partition coefficient (Wildman–Crippen LogP) is 1.56. The highest BCUT2D eigenvalue weighted by Gasteiger charge is 2.31. The molecule has 1 saturated carbocycles. The molecular weight excluding hydrogens is 218 g/mol. The Morgan fingerprint density at radius 1 is 1.41 bits per heavy atom. The highest BCUT2D eigenvalue weighted by molar-refractivity contribution is 5.41. The third-order valence-corrected chi connectivity index (χ3v) is 3.60. The summed E-state index contributed by atoms with van der Waals surface area (Å²) in [5, 5.41) is 19.9. The topological polar surface area (TPSA) is 75.7 Å². The first kappa shape index (κ1) is 12.2. The van der Waals surface area contributed by atoms with Crippen molar-refractivity contribution in [2.75, 3.05) is 7.11 Å². The molecule has 0 radical (unpaired) electrons. The molecule has 1 aliphatic rings. The largest absolute Gasteiger partial charge is 0.507 e. The van der Waals surface area contributed by atoms with E-state index in [1.54, 1.807) is 12.1 Å². The summed E-state index contributed by atoms with van der Waals surface area (Å²) in [4.78, 5) is 0. The van der Waals surface area contributed by atoms with Gasteiger partial charge in [-0.25, -0.2) is 0 Å². The number of hydrogen-bond donors (Lipinski definition) is 3. The molecule has 17 heavy (non-hydrogen) atoms. The fourth-order valence-electron chi connectivity index (χ4n) is 2.19. The first-order chi connectivity index (χ1) is 8.13. The van der Waals surface area contributed by atoms with Crippen molar-refractivity contribution < 1.29 is 14.9 Å². The number of nitrogens with two attached hydrogens (primary N) is 1. The number of aromatic hydroxyl groups is 1. The Bertz CT molecular complexity index is 390. The number of methoxy groups -OCH3 is 1. The maximum atomic E-state index is 10.1. The minimum atomic E-state index is -0.581. The highest BCUT2D eigenvalue weighted by atomic mass is 16.5. The van der Waals surface area contributed by atoms with E-state index in [4.69, 9.17) is 10.5 Å². The van der Waals surface area contributed by atoms with Crippen molar-refractivity contribution in [3.05, 3.63) is 23.8 Å². The van der Waals surface area contributed by atoms with Crippen molar-refractivity contribution in [2.24, 2.45) is 11.7 Å². The van der Waals surface area contributed by atoms with Crippen molar-refractivity contribution in [1.29, 1.82) is 0 Å². The lowest BCUT2D eigenvalue weighted by molar-refractivity contribution is 0.0407. The van der Waals surface area contributed by atoms with E-state index < -0.39 is 12.1 Å². The number of phenolic OH excluding ortho intramolecular Hbond substituents is 1. The first-order valence-electron chi connectivity index (χ1n) is 5.94. The highest BCUT2D eigenvalue weighted by Crippen LogP contribution is 2.37. The van der Waals surface area contributed by atoms with E-state index in [9.17, 15) is 10.2 Å². The second-order valence-corrected chi connectivity index (χ2v) is 4.63. The molecule has 0 saturated heterocycles. The minimum Gasteiger partial charge on any atom is -0.507 e. The molecule has 1 aromatic rings. The van der Waals surface area contributed by atoms with E-state index >= 15 is 0 Å². The van der Waals surface area contributed by atoms with Gasteiger partial charge in [0.1, 0.15) is 11.5 Å². The van der Waals surface area contributed by atoms with Crippen LogP contribution in [0.3, 0.4) is 0 Å². The van der Waals surface area contributed by atoms with E-state index in [-0.39, 0.29) is 11.7 Å². The van der Waals surface area contributed by atoms with Crippen molar-refractivity contribution in [3.63, 3.8) is 0 Å². The van der Waals surface area contributed by atoms with E-state index in [0.29, 0.717) is 11.3 Å². The van der Waals surface area contributed by atoms with Gasteiger partial charge in [0.15, 0.2) is 0 Å². The van der Waals surface area contributed by atoms with Crippen LogP contribution in [0, 0.1) is 5.92 Å². The van der Waals surface area contributed by atoms with Gasteiger partial charge in [-0.3, -0.25) is 0 Å². The normalized spacial score (nSPS) is 19.5. The van der Waals surface area contributed by atoms with E-state index in [1.165, 1.54) is 13.2 Å². The molecule has 0 heterocycles. The Morgan fingerprint density at radius 3 is 2.59 bits per heavy atom. The van der Waals surface area contributed by atoms with Crippen LogP contribution in [-0.2, 0) is 0 Å². The summed E-state index contributed by atoms with van der Waals surface area (Å²) >= 11 is 0. The molecule has 94 valence electrons. The van der Waals surface area contributed by atoms with Gasteiger partial charge in [0.05, 0.1) is 19.3 Å². The summed E-state index contributed by atoms with van der Waals surface area (Å²) in [6, 6.07) is 4.43. The van der Waals surface area contributed by atoms with E-state index in [1.807, 2.05) is 0 Å². The summed E-state index contributed by atoms with van der Waals surface area (Å²) in [6.45, 7) is 0. The van der Waals surface area contributed by atoms with Gasteiger partial charge in [-0.2, -0.15) is 0 Å². The number of aliphatic hydroxyl groups is 1. The summed E-state index contributed by atoms with van der Waals surface area (Å²) in [5.41, 5.74) is 6.56. The summed E-state index contributed by atoms with van der Waals surface area (Å²) in [7, 11) is 1.54. The van der Waals surface area contributed by atoms with Gasteiger partial charge in [0.2, 0.25) is 0 Å². The summed E-state index contributed by atoms with van der Waals surface area (Å²) < 4.78 is 5.01. The first-order valence-corrected chi connectivity index (χ1v) is 5.94. The van der Waals surface area contributed by atoms with Crippen LogP contribution in [0.1, 0.15) is 30.9 Å². The third kappa shape index (κ3) is 2.37. The van der Waals surface area contributed by atoms with Crippen LogP contribution in [0.4, 0.5) is 0 Å². The Morgan fingerprint density at radius 2 is 2.12 bits per heavy atom. The second-order valence-electron chi connectivity index (χ2n) is 4.63. The van der Waals surface area contributed by atoms with E-state index in [0.717, 1.165) is 19.3 Å². The molecule has 4 N–H and O–H groups in total. The van der Waals surface area contributed by atoms with Gasteiger partial charge in [-0.05, 0) is 30.9 Å². The van der Waals surface area contributed by atoms with Crippen molar-refractivity contribution >= 4 is 0 Å². The molecule has 0 aliphatic heterocycles. The van der Waals surface area contributed by atoms with Gasteiger partial charge in [-0.15, -0.1) is 0 Å². The molecule has 2 atom stereocenters. The van der Waals surface area contributed by atoms with Crippen LogP contribution in [0.2, 0.25) is 0 Å². The van der Waals surface area contributed by atoms with Crippen LogP contribution >= 0.6 is 0 Å². The number of ether oxygens (including phenoxy) is 1. The third-order valence-electron chi connectivity index (χ3n) is 3.60. The molecule has 2 rings (SSSR count). The zero-order valence-corrected chi connectivity index (χ0v) is 9.97. The van der Waals surface area contributed by atoms with Gasteiger partial charge in [0, 0.05) is 11.6 Å². The zero-order valence-electron chi connectivity index (χ0n) is 9.97. The lowest BCUT2D eigenvalue weighted by Gasteiger charge is -2.34. The van der Waals surface area contributed by atoms with Crippen LogP contribution in [0.25, 0.3) is 0 Å². The fourth-order valence-corrected chi connectivity index (χ4v) is 2.19. The Kier molecular flexibility index (Phi) is 3.54. The zero-order chi connectivity index (χ0) is 12.4. The molecule has 0 unspecified atom stereocenters. The average molecular weight is 237 g/mol. The molecular formula is C13H19NO3. The lowest BCUT2D eigenvalue weighted by Crippen LogP contribution is -2.36. The van der Waals surface area contributed by atoms with Gasteiger partial charge < -0.3 is 20.7 Å². The standard InChI is InChI=1S/C13H19NO3/c1-17-9-5-6-10(11(15)7-9)12(14)13(16)8-3-2-4-8/h5-8,12-13,15-16H,2-4,14H2,1H3/t12-,13+/m0/s1. The molecule has 0 bridgehead atoms. The Balaban J connectivity index is 2.15. The second kappa shape index (κ2) is 4.94. The van der Waals surface area contributed by atoms with Crippen molar-refractivity contribution in [1.82, 2.24) is 0 Å². The maximum Gasteiger partial charge on any atom is 0.124 e.